The van der Waals surface area contributed by atoms with Gasteiger partial charge in [0.2, 0.25) is 0 Å². The van der Waals surface area contributed by atoms with Gasteiger partial charge in [0.05, 0.1) is 0 Å². The van der Waals surface area contributed by atoms with Crippen molar-refractivity contribution in [3.63, 3.8) is 0 Å². The van der Waals surface area contributed by atoms with Crippen LogP contribution in [0.4, 0.5) is 0 Å². The number of hydrogen-bond acceptors (Lipinski definition) is 1. The molecule has 0 unspecified atom stereocenters. The van der Waals surface area contributed by atoms with Crippen LogP contribution in [0, 0.1) is 0 Å². The predicted molar refractivity (Wildman–Crippen MR) is 119 cm³/mol. The van der Waals surface area contributed by atoms with Crippen molar-refractivity contribution in [3.8, 4) is 22.3 Å². The van der Waals surface area contributed by atoms with E-state index in [0.29, 0.717) is 5.92 Å². The summed E-state index contributed by atoms with van der Waals surface area (Å²) in [7, 11) is 0. The molecular formula is C27H22O. The zero-order valence-corrected chi connectivity index (χ0v) is 16.1. The maximum Gasteiger partial charge on any atom is 0.143 e. The second-order valence-corrected chi connectivity index (χ2v) is 7.57. The summed E-state index contributed by atoms with van der Waals surface area (Å²) in [6.07, 6.45) is 0. The van der Waals surface area contributed by atoms with E-state index in [4.69, 9.17) is 4.42 Å². The van der Waals surface area contributed by atoms with Gasteiger partial charge in [-0.2, -0.15) is 0 Å². The molecule has 0 saturated heterocycles. The monoisotopic (exact) mass is 362 g/mol. The minimum Gasteiger partial charge on any atom is -0.455 e. The summed E-state index contributed by atoms with van der Waals surface area (Å²) in [6, 6.07) is 32.0. The normalized spacial score (nSPS) is 11.5. The van der Waals surface area contributed by atoms with Gasteiger partial charge in [-0.05, 0) is 34.2 Å². The Hall–Kier alpha value is -3.32. The largest absolute Gasteiger partial charge is 0.455 e. The number of para-hydroxylation sites is 2. The van der Waals surface area contributed by atoms with Crippen molar-refractivity contribution in [2.24, 2.45) is 0 Å². The van der Waals surface area contributed by atoms with Crippen LogP contribution < -0.4 is 0 Å². The molecule has 0 spiro atoms. The van der Waals surface area contributed by atoms with Gasteiger partial charge in [0, 0.05) is 16.3 Å². The van der Waals surface area contributed by atoms with E-state index in [0.717, 1.165) is 16.7 Å². The fourth-order valence-electron chi connectivity index (χ4n) is 4.25. The fourth-order valence-corrected chi connectivity index (χ4v) is 4.25. The molecular weight excluding hydrogens is 340 g/mol. The van der Waals surface area contributed by atoms with Gasteiger partial charge in [0.25, 0.3) is 0 Å². The molecule has 0 aliphatic carbocycles. The molecule has 0 saturated carbocycles. The molecule has 1 heteroatoms. The van der Waals surface area contributed by atoms with Crippen LogP contribution in [0.25, 0.3) is 44.2 Å². The molecule has 5 rings (SSSR count). The summed E-state index contributed by atoms with van der Waals surface area (Å²) in [6.45, 7) is 4.54. The molecule has 1 aromatic heterocycles. The van der Waals surface area contributed by atoms with Crippen molar-refractivity contribution in [2.45, 2.75) is 19.8 Å². The minimum absolute atomic E-state index is 0.394. The minimum atomic E-state index is 0.394. The molecule has 0 N–H and O–H groups in total. The Kier molecular flexibility index (Phi) is 4.02. The van der Waals surface area contributed by atoms with Crippen LogP contribution in [0.3, 0.4) is 0 Å². The summed E-state index contributed by atoms with van der Waals surface area (Å²) < 4.78 is 6.32. The summed E-state index contributed by atoms with van der Waals surface area (Å²) in [5, 5.41) is 2.34. The van der Waals surface area contributed by atoms with E-state index < -0.39 is 0 Å². The highest BCUT2D eigenvalue weighted by atomic mass is 16.3. The lowest BCUT2D eigenvalue weighted by molar-refractivity contribution is 0.670. The highest BCUT2D eigenvalue weighted by Crippen LogP contribution is 2.41. The van der Waals surface area contributed by atoms with E-state index >= 15 is 0 Å². The van der Waals surface area contributed by atoms with Gasteiger partial charge in [0.15, 0.2) is 0 Å². The van der Waals surface area contributed by atoms with Gasteiger partial charge >= 0.3 is 0 Å². The van der Waals surface area contributed by atoms with Gasteiger partial charge in [0.1, 0.15) is 11.2 Å². The van der Waals surface area contributed by atoms with E-state index in [9.17, 15) is 0 Å². The third-order valence-corrected chi connectivity index (χ3v) is 5.46. The lowest BCUT2D eigenvalue weighted by Crippen LogP contribution is -1.97. The molecule has 0 aliphatic rings. The van der Waals surface area contributed by atoms with Crippen LogP contribution in [-0.4, -0.2) is 0 Å². The fraction of sp³-hybridized carbons (Fsp3) is 0.111. The van der Waals surface area contributed by atoms with E-state index in [-0.39, 0.29) is 0 Å². The maximum absolute atomic E-state index is 6.32. The predicted octanol–water partition coefficient (Wildman–Crippen LogP) is 8.04. The Balaban J connectivity index is 1.83. The summed E-state index contributed by atoms with van der Waals surface area (Å²) in [5.41, 5.74) is 8.23. The number of benzene rings is 4. The van der Waals surface area contributed by atoms with Crippen molar-refractivity contribution in [1.29, 1.82) is 0 Å². The Morgan fingerprint density at radius 2 is 1.21 bits per heavy atom. The van der Waals surface area contributed by atoms with Crippen LogP contribution in [0.15, 0.2) is 95.4 Å². The number of fused-ring (bicyclic) bond motifs is 3. The van der Waals surface area contributed by atoms with Crippen molar-refractivity contribution in [3.05, 3.63) is 96.6 Å². The average molecular weight is 362 g/mol. The van der Waals surface area contributed by atoms with Crippen LogP contribution in [0.1, 0.15) is 25.3 Å². The number of furan rings is 1. The zero-order chi connectivity index (χ0) is 19.1. The van der Waals surface area contributed by atoms with Crippen LogP contribution in [-0.2, 0) is 0 Å². The number of hydrogen-bond donors (Lipinski definition) is 0. The van der Waals surface area contributed by atoms with Crippen molar-refractivity contribution in [2.75, 3.05) is 0 Å². The first-order valence-corrected chi connectivity index (χ1v) is 9.83. The SMILES string of the molecule is CC(C)c1c(-c2ccccc2)cccc1-c1cccc2c1oc1ccccc12. The van der Waals surface area contributed by atoms with E-state index in [1.54, 1.807) is 0 Å². The van der Waals surface area contributed by atoms with E-state index in [2.05, 4.69) is 92.7 Å². The first kappa shape index (κ1) is 16.8. The van der Waals surface area contributed by atoms with Gasteiger partial charge in [-0.25, -0.2) is 0 Å². The second-order valence-electron chi connectivity index (χ2n) is 7.57. The Morgan fingerprint density at radius 3 is 2.04 bits per heavy atom. The highest BCUT2D eigenvalue weighted by Gasteiger charge is 2.18. The first-order chi connectivity index (χ1) is 13.7. The third-order valence-electron chi connectivity index (χ3n) is 5.46. The summed E-state index contributed by atoms with van der Waals surface area (Å²) in [5.74, 6) is 0.394. The quantitative estimate of drug-likeness (QED) is 0.316. The zero-order valence-electron chi connectivity index (χ0n) is 16.1. The van der Waals surface area contributed by atoms with Crippen LogP contribution in [0.2, 0.25) is 0 Å². The molecule has 4 aromatic carbocycles. The van der Waals surface area contributed by atoms with E-state index in [1.165, 1.54) is 33.0 Å². The lowest BCUT2D eigenvalue weighted by Gasteiger charge is -2.18. The Morgan fingerprint density at radius 1 is 0.571 bits per heavy atom. The molecule has 28 heavy (non-hydrogen) atoms. The van der Waals surface area contributed by atoms with Crippen molar-refractivity contribution < 1.29 is 4.42 Å². The lowest BCUT2D eigenvalue weighted by atomic mass is 9.85. The molecule has 136 valence electrons. The molecule has 1 nitrogen and oxygen atoms in total. The topological polar surface area (TPSA) is 13.1 Å². The smallest absolute Gasteiger partial charge is 0.143 e. The molecule has 5 aromatic rings. The van der Waals surface area contributed by atoms with Crippen molar-refractivity contribution in [1.82, 2.24) is 0 Å². The Bertz CT molecular complexity index is 1280. The third kappa shape index (κ3) is 2.63. The van der Waals surface area contributed by atoms with Crippen LogP contribution >= 0.6 is 0 Å². The van der Waals surface area contributed by atoms with Gasteiger partial charge in [-0.1, -0.05) is 98.8 Å². The standard InChI is InChI=1S/C27H22O/c1-18(2)26-20(19-10-4-3-5-11-19)13-8-14-22(26)24-16-9-15-23-21-12-6-7-17-25(21)28-27(23)24/h3-18H,1-2H3. The molecule has 0 amide bonds. The Labute approximate surface area is 165 Å². The summed E-state index contributed by atoms with van der Waals surface area (Å²) >= 11 is 0. The molecule has 0 bridgehead atoms. The molecule has 0 aliphatic heterocycles. The van der Waals surface area contributed by atoms with Crippen LogP contribution in [0.5, 0.6) is 0 Å². The first-order valence-electron chi connectivity index (χ1n) is 9.83. The van der Waals surface area contributed by atoms with Gasteiger partial charge in [-0.15, -0.1) is 0 Å². The average Bonchev–Trinajstić information content (AvgIpc) is 3.12. The van der Waals surface area contributed by atoms with Gasteiger partial charge in [-0.3, -0.25) is 0 Å². The highest BCUT2D eigenvalue weighted by molar-refractivity contribution is 6.10. The van der Waals surface area contributed by atoms with E-state index in [1.807, 2.05) is 12.1 Å². The summed E-state index contributed by atoms with van der Waals surface area (Å²) in [4.78, 5) is 0. The second kappa shape index (κ2) is 6.69. The van der Waals surface area contributed by atoms with Crippen molar-refractivity contribution >= 4 is 21.9 Å². The number of rotatable bonds is 3. The molecule has 0 fully saturated rings. The molecule has 1 heterocycles. The molecule has 0 radical (unpaired) electrons. The maximum atomic E-state index is 6.32. The van der Waals surface area contributed by atoms with Gasteiger partial charge < -0.3 is 4.42 Å². The molecule has 0 atom stereocenters.